The van der Waals surface area contributed by atoms with Crippen LogP contribution in [0.25, 0.3) is 11.4 Å². The van der Waals surface area contributed by atoms with Crippen molar-refractivity contribution in [3.8, 4) is 11.4 Å². The van der Waals surface area contributed by atoms with Crippen LogP contribution in [0.5, 0.6) is 0 Å². The standard InChI is InChI=1S/C13H13N5/c1-15-18-13(14)8-10-5-6-12(17-9-10)11-4-2-3-7-16-11/h2-7,9H,1,8H2,(H2,14,18). The Labute approximate surface area is 105 Å². The van der Waals surface area contributed by atoms with Crippen LogP contribution in [0, 0.1) is 0 Å². The fourth-order valence-corrected chi connectivity index (χ4v) is 1.53. The number of hydrogen-bond donors (Lipinski definition) is 1. The molecule has 0 saturated carbocycles. The number of hydrogen-bond acceptors (Lipinski definition) is 4. The van der Waals surface area contributed by atoms with E-state index in [-0.39, 0.29) is 0 Å². The molecule has 0 radical (unpaired) electrons. The maximum atomic E-state index is 5.64. The first kappa shape index (κ1) is 11.9. The molecule has 0 aliphatic carbocycles. The predicted molar refractivity (Wildman–Crippen MR) is 72.3 cm³/mol. The summed E-state index contributed by atoms with van der Waals surface area (Å²) >= 11 is 0. The minimum absolute atomic E-state index is 0.414. The highest BCUT2D eigenvalue weighted by atomic mass is 15.2. The van der Waals surface area contributed by atoms with Crippen LogP contribution in [0.3, 0.4) is 0 Å². The Balaban J connectivity index is 2.16. The molecule has 2 heterocycles. The van der Waals surface area contributed by atoms with Crippen molar-refractivity contribution in [1.29, 1.82) is 0 Å². The highest BCUT2D eigenvalue weighted by Gasteiger charge is 2.01. The number of pyridine rings is 2. The van der Waals surface area contributed by atoms with E-state index in [1.807, 2.05) is 30.3 Å². The second kappa shape index (κ2) is 5.67. The molecule has 90 valence electrons. The molecule has 0 saturated heterocycles. The third-order valence-electron chi connectivity index (χ3n) is 2.34. The van der Waals surface area contributed by atoms with Crippen LogP contribution in [0.15, 0.2) is 52.9 Å². The Morgan fingerprint density at radius 3 is 2.61 bits per heavy atom. The molecule has 5 heteroatoms. The zero-order valence-corrected chi connectivity index (χ0v) is 9.82. The number of aromatic nitrogens is 2. The maximum absolute atomic E-state index is 5.64. The molecule has 2 rings (SSSR count). The van der Waals surface area contributed by atoms with E-state index < -0.39 is 0 Å². The smallest absolute Gasteiger partial charge is 0.126 e. The van der Waals surface area contributed by atoms with Crippen LogP contribution in [0.4, 0.5) is 0 Å². The van der Waals surface area contributed by atoms with Gasteiger partial charge < -0.3 is 5.73 Å². The van der Waals surface area contributed by atoms with Crippen molar-refractivity contribution in [3.05, 3.63) is 48.3 Å². The number of rotatable bonds is 4. The van der Waals surface area contributed by atoms with Gasteiger partial charge in [-0.2, -0.15) is 5.10 Å². The Bertz CT molecular complexity index is 545. The highest BCUT2D eigenvalue weighted by molar-refractivity contribution is 5.82. The van der Waals surface area contributed by atoms with Crippen LogP contribution >= 0.6 is 0 Å². The van der Waals surface area contributed by atoms with Gasteiger partial charge >= 0.3 is 0 Å². The SMILES string of the molecule is C=N/N=C(\N)Cc1ccc(-c2ccccn2)nc1. The van der Waals surface area contributed by atoms with Gasteiger partial charge in [0.1, 0.15) is 5.84 Å². The van der Waals surface area contributed by atoms with Gasteiger partial charge in [0.2, 0.25) is 0 Å². The van der Waals surface area contributed by atoms with Crippen LogP contribution in [0.1, 0.15) is 5.56 Å². The lowest BCUT2D eigenvalue weighted by Gasteiger charge is -2.02. The average molecular weight is 239 g/mol. The molecule has 0 aliphatic rings. The van der Waals surface area contributed by atoms with E-state index in [2.05, 4.69) is 26.9 Å². The minimum Gasteiger partial charge on any atom is -0.385 e. The van der Waals surface area contributed by atoms with Gasteiger partial charge in [-0.25, -0.2) is 0 Å². The van der Waals surface area contributed by atoms with E-state index >= 15 is 0 Å². The second-order valence-corrected chi connectivity index (χ2v) is 3.68. The largest absolute Gasteiger partial charge is 0.385 e. The van der Waals surface area contributed by atoms with Crippen LogP contribution in [0.2, 0.25) is 0 Å². The topological polar surface area (TPSA) is 76.5 Å². The van der Waals surface area contributed by atoms with Crippen molar-refractivity contribution in [2.75, 3.05) is 0 Å². The Morgan fingerprint density at radius 2 is 2.00 bits per heavy atom. The second-order valence-electron chi connectivity index (χ2n) is 3.68. The van der Waals surface area contributed by atoms with Crippen molar-refractivity contribution < 1.29 is 0 Å². The maximum Gasteiger partial charge on any atom is 0.126 e. The van der Waals surface area contributed by atoms with E-state index in [9.17, 15) is 0 Å². The van der Waals surface area contributed by atoms with Gasteiger partial charge in [-0.3, -0.25) is 9.97 Å². The van der Waals surface area contributed by atoms with Crippen molar-refractivity contribution in [3.63, 3.8) is 0 Å². The molecule has 0 amide bonds. The normalized spacial score (nSPS) is 11.2. The molecule has 0 fully saturated rings. The zero-order chi connectivity index (χ0) is 12.8. The molecule has 5 nitrogen and oxygen atoms in total. The summed E-state index contributed by atoms with van der Waals surface area (Å²) in [5.41, 5.74) is 8.29. The number of nitrogens with zero attached hydrogens (tertiary/aromatic N) is 4. The summed E-state index contributed by atoms with van der Waals surface area (Å²) in [5.74, 6) is 0.414. The third-order valence-corrected chi connectivity index (χ3v) is 2.34. The zero-order valence-electron chi connectivity index (χ0n) is 9.82. The predicted octanol–water partition coefficient (Wildman–Crippen LogP) is 1.66. The summed E-state index contributed by atoms with van der Waals surface area (Å²) in [6, 6.07) is 9.57. The van der Waals surface area contributed by atoms with Gasteiger partial charge in [-0.1, -0.05) is 12.1 Å². The van der Waals surface area contributed by atoms with Gasteiger partial charge in [0, 0.05) is 25.5 Å². The van der Waals surface area contributed by atoms with Crippen molar-refractivity contribution >= 4 is 12.6 Å². The summed E-state index contributed by atoms with van der Waals surface area (Å²) in [5, 5.41) is 7.05. The van der Waals surface area contributed by atoms with Gasteiger partial charge in [-0.05, 0) is 23.8 Å². The Morgan fingerprint density at radius 1 is 1.17 bits per heavy atom. The first-order valence-electron chi connectivity index (χ1n) is 5.44. The van der Waals surface area contributed by atoms with E-state index in [1.54, 1.807) is 12.4 Å². The molecule has 2 aromatic heterocycles. The lowest BCUT2D eigenvalue weighted by Crippen LogP contribution is -2.14. The van der Waals surface area contributed by atoms with Gasteiger partial charge in [0.15, 0.2) is 0 Å². The molecule has 2 N–H and O–H groups in total. The van der Waals surface area contributed by atoms with Crippen LogP contribution in [-0.4, -0.2) is 22.5 Å². The van der Waals surface area contributed by atoms with Gasteiger partial charge in [0.25, 0.3) is 0 Å². The molecule has 0 aromatic carbocycles. The average Bonchev–Trinajstić information content (AvgIpc) is 2.41. The molecule has 0 unspecified atom stereocenters. The van der Waals surface area contributed by atoms with Crippen molar-refractivity contribution in [2.24, 2.45) is 15.9 Å². The molecular weight excluding hydrogens is 226 g/mol. The fourth-order valence-electron chi connectivity index (χ4n) is 1.53. The van der Waals surface area contributed by atoms with Gasteiger partial charge in [0.05, 0.1) is 11.4 Å². The first-order chi connectivity index (χ1) is 8.79. The molecule has 0 aliphatic heterocycles. The Hall–Kier alpha value is -2.56. The minimum atomic E-state index is 0.414. The summed E-state index contributed by atoms with van der Waals surface area (Å²) in [6.07, 6.45) is 4.01. The highest BCUT2D eigenvalue weighted by Crippen LogP contribution is 2.13. The number of amidine groups is 1. The first-order valence-corrected chi connectivity index (χ1v) is 5.44. The molecule has 2 aromatic rings. The van der Waals surface area contributed by atoms with Crippen molar-refractivity contribution in [2.45, 2.75) is 6.42 Å². The van der Waals surface area contributed by atoms with E-state index in [1.165, 1.54) is 0 Å². The Kier molecular flexibility index (Phi) is 3.76. The summed E-state index contributed by atoms with van der Waals surface area (Å²) < 4.78 is 0. The summed E-state index contributed by atoms with van der Waals surface area (Å²) in [6.45, 7) is 3.25. The molecule has 0 atom stereocenters. The molecule has 0 spiro atoms. The lowest BCUT2D eigenvalue weighted by molar-refractivity contribution is 1.15. The third kappa shape index (κ3) is 2.98. The lowest BCUT2D eigenvalue weighted by atomic mass is 10.1. The summed E-state index contributed by atoms with van der Waals surface area (Å²) in [4.78, 5) is 8.58. The molecule has 0 bridgehead atoms. The molecular formula is C13H13N5. The van der Waals surface area contributed by atoms with Crippen LogP contribution in [-0.2, 0) is 6.42 Å². The summed E-state index contributed by atoms with van der Waals surface area (Å²) in [7, 11) is 0. The van der Waals surface area contributed by atoms with Crippen molar-refractivity contribution in [1.82, 2.24) is 9.97 Å². The quantitative estimate of drug-likeness (QED) is 0.500. The van der Waals surface area contributed by atoms with Gasteiger partial charge in [-0.15, -0.1) is 5.10 Å². The molecule has 18 heavy (non-hydrogen) atoms. The monoisotopic (exact) mass is 239 g/mol. The van der Waals surface area contributed by atoms with E-state index in [0.29, 0.717) is 12.3 Å². The van der Waals surface area contributed by atoms with Crippen LogP contribution < -0.4 is 5.73 Å². The van der Waals surface area contributed by atoms with E-state index in [0.717, 1.165) is 17.0 Å². The van der Waals surface area contributed by atoms with E-state index in [4.69, 9.17) is 5.73 Å². The number of nitrogens with two attached hydrogens (primary N) is 1. The fraction of sp³-hybridized carbons (Fsp3) is 0.0769.